The number of hydrogen-bond acceptors (Lipinski definition) is 5. The molecule has 0 unspecified atom stereocenters. The number of nitrogens with zero attached hydrogens (tertiary/aromatic N) is 3. The molecule has 0 saturated carbocycles. The number of carbonyl (C=O) groups excluding carboxylic acids is 1. The maximum absolute atomic E-state index is 13.5. The Morgan fingerprint density at radius 2 is 1.64 bits per heavy atom. The van der Waals surface area contributed by atoms with Crippen LogP contribution in [-0.4, -0.2) is 43.0 Å². The molecule has 0 aliphatic rings. The fourth-order valence-corrected chi connectivity index (χ4v) is 4.50. The third kappa shape index (κ3) is 6.32. The van der Waals surface area contributed by atoms with Gasteiger partial charge in [0, 0.05) is 12.1 Å². The molecule has 4 aromatic rings. The molecular weight excluding hydrogens is 454 g/mol. The molecule has 1 heterocycles. The summed E-state index contributed by atoms with van der Waals surface area (Å²) in [5.74, 6) is 1.41. The number of rotatable bonds is 8. The monoisotopic (exact) mass is 481 g/mol. The Labute approximate surface area is 205 Å². The van der Waals surface area contributed by atoms with Gasteiger partial charge in [0.15, 0.2) is 5.13 Å². The highest BCUT2D eigenvalue weighted by Crippen LogP contribution is 2.31. The van der Waals surface area contributed by atoms with E-state index in [-0.39, 0.29) is 18.3 Å². The van der Waals surface area contributed by atoms with Crippen LogP contribution in [0, 0.1) is 6.92 Å². The smallest absolute Gasteiger partial charge is 0.260 e. The van der Waals surface area contributed by atoms with Gasteiger partial charge < -0.3 is 9.64 Å². The number of halogens is 1. The van der Waals surface area contributed by atoms with Crippen molar-refractivity contribution in [2.24, 2.45) is 0 Å². The van der Waals surface area contributed by atoms with Crippen LogP contribution in [0.3, 0.4) is 0 Å². The van der Waals surface area contributed by atoms with Gasteiger partial charge in [-0.25, -0.2) is 4.98 Å². The van der Waals surface area contributed by atoms with E-state index < -0.39 is 0 Å². The highest BCUT2D eigenvalue weighted by Gasteiger charge is 2.21. The van der Waals surface area contributed by atoms with Crippen molar-refractivity contribution in [2.45, 2.75) is 13.3 Å². The van der Waals surface area contributed by atoms with Gasteiger partial charge in [0.1, 0.15) is 11.5 Å². The van der Waals surface area contributed by atoms with E-state index in [0.29, 0.717) is 17.9 Å². The van der Waals surface area contributed by atoms with E-state index in [2.05, 4.69) is 24.0 Å². The molecule has 1 aromatic heterocycles. The van der Waals surface area contributed by atoms with Gasteiger partial charge in [-0.05, 0) is 88.1 Å². The molecule has 0 aliphatic carbocycles. The number of anilines is 1. The van der Waals surface area contributed by atoms with Gasteiger partial charge in [-0.3, -0.25) is 9.69 Å². The molecule has 0 aliphatic heterocycles. The first-order valence-electron chi connectivity index (χ1n) is 10.7. The minimum absolute atomic E-state index is 0. The molecule has 172 valence electrons. The molecular formula is C26H28ClN3O2S. The van der Waals surface area contributed by atoms with Crippen molar-refractivity contribution < 1.29 is 9.53 Å². The van der Waals surface area contributed by atoms with E-state index in [1.54, 1.807) is 16.2 Å². The molecule has 33 heavy (non-hydrogen) atoms. The standard InChI is InChI=1S/C26H27N3O2S.ClH/c1-19-10-15-23-24(18-19)32-26(27-23)29(17-7-16-28(2)3)25(30)20-11-13-22(14-12-20)31-21-8-5-4-6-9-21;/h4-6,8-15,18H,7,16-17H2,1-3H3;1H. The first kappa shape index (κ1) is 24.7. The van der Waals surface area contributed by atoms with Crippen molar-refractivity contribution in [1.82, 2.24) is 9.88 Å². The second-order valence-electron chi connectivity index (χ2n) is 8.02. The van der Waals surface area contributed by atoms with Crippen molar-refractivity contribution in [2.75, 3.05) is 32.1 Å². The van der Waals surface area contributed by atoms with E-state index in [0.717, 1.165) is 34.1 Å². The molecule has 7 heteroatoms. The molecule has 0 N–H and O–H groups in total. The second kappa shape index (κ2) is 11.3. The molecule has 3 aromatic carbocycles. The predicted octanol–water partition coefficient (Wildman–Crippen LogP) is 6.42. The third-order valence-corrected chi connectivity index (χ3v) is 6.12. The Morgan fingerprint density at radius 1 is 0.939 bits per heavy atom. The number of hydrogen-bond donors (Lipinski definition) is 0. The van der Waals surface area contributed by atoms with Crippen molar-refractivity contribution in [1.29, 1.82) is 0 Å². The van der Waals surface area contributed by atoms with Gasteiger partial charge in [0.2, 0.25) is 0 Å². The summed E-state index contributed by atoms with van der Waals surface area (Å²) in [5.41, 5.74) is 2.73. The van der Waals surface area contributed by atoms with Crippen LogP contribution in [0.4, 0.5) is 5.13 Å². The molecule has 0 spiro atoms. The van der Waals surface area contributed by atoms with Crippen molar-refractivity contribution >= 4 is 45.0 Å². The number of aromatic nitrogens is 1. The van der Waals surface area contributed by atoms with Gasteiger partial charge in [0.25, 0.3) is 5.91 Å². The zero-order chi connectivity index (χ0) is 22.5. The minimum Gasteiger partial charge on any atom is -0.457 e. The Bertz CT molecular complexity index is 1190. The maximum Gasteiger partial charge on any atom is 0.260 e. The van der Waals surface area contributed by atoms with E-state index in [1.165, 1.54) is 5.56 Å². The summed E-state index contributed by atoms with van der Waals surface area (Å²) in [6, 6.07) is 23.1. The maximum atomic E-state index is 13.5. The van der Waals surface area contributed by atoms with Crippen LogP contribution >= 0.6 is 23.7 Å². The van der Waals surface area contributed by atoms with Crippen LogP contribution in [0.25, 0.3) is 10.2 Å². The number of ether oxygens (including phenoxy) is 1. The number of amides is 1. The van der Waals surface area contributed by atoms with Crippen LogP contribution in [0.2, 0.25) is 0 Å². The molecule has 0 fully saturated rings. The van der Waals surface area contributed by atoms with Gasteiger partial charge in [-0.1, -0.05) is 35.6 Å². The Kier molecular flexibility index (Phi) is 8.44. The van der Waals surface area contributed by atoms with Gasteiger partial charge in [0.05, 0.1) is 10.2 Å². The highest BCUT2D eigenvalue weighted by atomic mass is 35.5. The fourth-order valence-electron chi connectivity index (χ4n) is 3.41. The van der Waals surface area contributed by atoms with Crippen LogP contribution in [0.5, 0.6) is 11.5 Å². The lowest BCUT2D eigenvalue weighted by molar-refractivity contribution is 0.0986. The zero-order valence-electron chi connectivity index (χ0n) is 19.0. The van der Waals surface area contributed by atoms with Gasteiger partial charge >= 0.3 is 0 Å². The number of thiazole rings is 1. The van der Waals surface area contributed by atoms with Crippen LogP contribution in [0.1, 0.15) is 22.3 Å². The molecule has 5 nitrogen and oxygen atoms in total. The summed E-state index contributed by atoms with van der Waals surface area (Å²) >= 11 is 1.56. The van der Waals surface area contributed by atoms with Crippen molar-refractivity contribution in [3.05, 3.63) is 83.9 Å². The summed E-state index contributed by atoms with van der Waals surface area (Å²) in [5, 5.41) is 0.735. The van der Waals surface area contributed by atoms with Crippen LogP contribution in [0.15, 0.2) is 72.8 Å². The quantitative estimate of drug-likeness (QED) is 0.291. The second-order valence-corrected chi connectivity index (χ2v) is 9.03. The number of para-hydroxylation sites is 1. The van der Waals surface area contributed by atoms with Crippen LogP contribution < -0.4 is 9.64 Å². The van der Waals surface area contributed by atoms with Crippen LogP contribution in [-0.2, 0) is 0 Å². The molecule has 0 radical (unpaired) electrons. The van der Waals surface area contributed by atoms with E-state index in [9.17, 15) is 4.79 Å². The Morgan fingerprint density at radius 3 is 2.33 bits per heavy atom. The average molecular weight is 482 g/mol. The zero-order valence-corrected chi connectivity index (χ0v) is 20.7. The lowest BCUT2D eigenvalue weighted by Gasteiger charge is -2.21. The summed E-state index contributed by atoms with van der Waals surface area (Å²) in [4.78, 5) is 22.2. The topological polar surface area (TPSA) is 45.7 Å². The molecule has 0 bridgehead atoms. The fraction of sp³-hybridized carbons (Fsp3) is 0.231. The minimum atomic E-state index is -0.0502. The Balaban J connectivity index is 0.00000306. The SMILES string of the molecule is Cc1ccc2nc(N(CCCN(C)C)C(=O)c3ccc(Oc4ccccc4)cc3)sc2c1.Cl. The highest BCUT2D eigenvalue weighted by molar-refractivity contribution is 7.22. The first-order valence-corrected chi connectivity index (χ1v) is 11.5. The summed E-state index contributed by atoms with van der Waals surface area (Å²) < 4.78 is 6.95. The number of carbonyl (C=O) groups is 1. The molecule has 4 rings (SSSR count). The summed E-state index contributed by atoms with van der Waals surface area (Å²) in [6.07, 6.45) is 0.864. The van der Waals surface area contributed by atoms with E-state index in [1.807, 2.05) is 74.8 Å². The Hall–Kier alpha value is -2.93. The summed E-state index contributed by atoms with van der Waals surface area (Å²) in [7, 11) is 4.08. The van der Waals surface area contributed by atoms with E-state index in [4.69, 9.17) is 9.72 Å². The largest absolute Gasteiger partial charge is 0.457 e. The third-order valence-electron chi connectivity index (χ3n) is 5.08. The van der Waals surface area contributed by atoms with Crippen molar-refractivity contribution in [3.63, 3.8) is 0 Å². The van der Waals surface area contributed by atoms with Gasteiger partial charge in [-0.15, -0.1) is 12.4 Å². The lowest BCUT2D eigenvalue weighted by Crippen LogP contribution is -2.33. The average Bonchev–Trinajstić information content (AvgIpc) is 3.20. The number of benzene rings is 3. The molecule has 0 saturated heterocycles. The lowest BCUT2D eigenvalue weighted by atomic mass is 10.2. The molecule has 0 atom stereocenters. The first-order chi connectivity index (χ1) is 15.5. The molecule has 1 amide bonds. The van der Waals surface area contributed by atoms with E-state index >= 15 is 0 Å². The predicted molar refractivity (Wildman–Crippen MR) is 139 cm³/mol. The normalized spacial score (nSPS) is 10.8. The van der Waals surface area contributed by atoms with Crippen molar-refractivity contribution in [3.8, 4) is 11.5 Å². The summed E-state index contributed by atoms with van der Waals surface area (Å²) in [6.45, 7) is 3.58. The number of fused-ring (bicyclic) bond motifs is 1. The van der Waals surface area contributed by atoms with Gasteiger partial charge in [-0.2, -0.15) is 0 Å². The number of aryl methyl sites for hydroxylation is 1.